The van der Waals surface area contributed by atoms with Gasteiger partial charge >= 0.3 is 0 Å². The SMILES string of the molecule is Cc1ccccc1-c1ccccc1C(=O)N[C@@H]1CCOC[C@H]1O. The molecule has 2 aromatic carbocycles. The van der Waals surface area contributed by atoms with E-state index in [4.69, 9.17) is 4.74 Å². The molecule has 2 atom stereocenters. The molecule has 0 aliphatic carbocycles. The van der Waals surface area contributed by atoms with Crippen molar-refractivity contribution in [3.8, 4) is 11.1 Å². The maximum atomic E-state index is 12.7. The molecule has 120 valence electrons. The maximum absolute atomic E-state index is 12.7. The van der Waals surface area contributed by atoms with Crippen molar-refractivity contribution in [2.75, 3.05) is 13.2 Å². The quantitative estimate of drug-likeness (QED) is 0.916. The molecular weight excluding hydrogens is 290 g/mol. The fourth-order valence-electron chi connectivity index (χ4n) is 2.93. The number of rotatable bonds is 3. The number of carbonyl (C=O) groups excluding carboxylic acids is 1. The molecule has 4 nitrogen and oxygen atoms in total. The lowest BCUT2D eigenvalue weighted by Gasteiger charge is -2.28. The lowest BCUT2D eigenvalue weighted by Crippen LogP contribution is -2.48. The van der Waals surface area contributed by atoms with E-state index in [2.05, 4.69) is 5.32 Å². The second kappa shape index (κ2) is 6.94. The first-order valence-electron chi connectivity index (χ1n) is 7.88. The Bertz CT molecular complexity index is 699. The minimum absolute atomic E-state index is 0.158. The van der Waals surface area contributed by atoms with Gasteiger partial charge in [0.25, 0.3) is 5.91 Å². The van der Waals surface area contributed by atoms with Crippen LogP contribution in [0.1, 0.15) is 22.3 Å². The van der Waals surface area contributed by atoms with Crippen LogP contribution in [0.4, 0.5) is 0 Å². The molecule has 0 radical (unpaired) electrons. The number of benzene rings is 2. The highest BCUT2D eigenvalue weighted by Crippen LogP contribution is 2.27. The molecule has 2 N–H and O–H groups in total. The Morgan fingerprint density at radius 1 is 1.13 bits per heavy atom. The molecular formula is C19H21NO3. The van der Waals surface area contributed by atoms with Crippen molar-refractivity contribution in [2.24, 2.45) is 0 Å². The number of aliphatic hydroxyl groups is 1. The van der Waals surface area contributed by atoms with Crippen LogP contribution in [0.2, 0.25) is 0 Å². The first-order chi connectivity index (χ1) is 11.2. The summed E-state index contributed by atoms with van der Waals surface area (Å²) in [7, 11) is 0. The highest BCUT2D eigenvalue weighted by atomic mass is 16.5. The molecule has 2 aromatic rings. The second-order valence-corrected chi connectivity index (χ2v) is 5.87. The summed E-state index contributed by atoms with van der Waals surface area (Å²) in [6.45, 7) is 2.86. The fraction of sp³-hybridized carbons (Fsp3) is 0.316. The van der Waals surface area contributed by atoms with Crippen LogP contribution in [0.5, 0.6) is 0 Å². The maximum Gasteiger partial charge on any atom is 0.252 e. The summed E-state index contributed by atoms with van der Waals surface area (Å²) in [5.74, 6) is -0.158. The van der Waals surface area contributed by atoms with Gasteiger partial charge in [0.15, 0.2) is 0 Å². The zero-order valence-corrected chi connectivity index (χ0v) is 13.2. The number of ether oxygens (including phenoxy) is 1. The summed E-state index contributed by atoms with van der Waals surface area (Å²) in [6.07, 6.45) is -0.0299. The van der Waals surface area contributed by atoms with Crippen LogP contribution < -0.4 is 5.32 Å². The van der Waals surface area contributed by atoms with Gasteiger partial charge in [-0.3, -0.25) is 4.79 Å². The van der Waals surface area contributed by atoms with Gasteiger partial charge in [0, 0.05) is 12.2 Å². The van der Waals surface area contributed by atoms with Crippen LogP contribution in [-0.2, 0) is 4.74 Å². The Balaban J connectivity index is 1.88. The van der Waals surface area contributed by atoms with Crippen molar-refractivity contribution in [1.29, 1.82) is 0 Å². The third-order valence-electron chi connectivity index (χ3n) is 4.25. The molecule has 1 heterocycles. The van der Waals surface area contributed by atoms with Crippen molar-refractivity contribution in [2.45, 2.75) is 25.5 Å². The van der Waals surface area contributed by atoms with Crippen LogP contribution in [0.25, 0.3) is 11.1 Å². The van der Waals surface area contributed by atoms with E-state index in [1.807, 2.05) is 55.5 Å². The van der Waals surface area contributed by atoms with E-state index in [9.17, 15) is 9.90 Å². The first kappa shape index (κ1) is 15.7. The lowest BCUT2D eigenvalue weighted by molar-refractivity contribution is -0.0260. The fourth-order valence-corrected chi connectivity index (χ4v) is 2.93. The molecule has 1 aliphatic heterocycles. The van der Waals surface area contributed by atoms with Gasteiger partial charge in [-0.15, -0.1) is 0 Å². The summed E-state index contributed by atoms with van der Waals surface area (Å²) in [5, 5.41) is 12.9. The monoisotopic (exact) mass is 311 g/mol. The highest BCUT2D eigenvalue weighted by molar-refractivity contribution is 6.01. The Morgan fingerprint density at radius 2 is 1.83 bits per heavy atom. The van der Waals surface area contributed by atoms with Gasteiger partial charge in [-0.05, 0) is 36.1 Å². The molecule has 1 aliphatic rings. The molecule has 0 spiro atoms. The topological polar surface area (TPSA) is 58.6 Å². The molecule has 1 saturated heterocycles. The van der Waals surface area contributed by atoms with E-state index in [0.717, 1.165) is 16.7 Å². The van der Waals surface area contributed by atoms with E-state index in [1.165, 1.54) is 0 Å². The van der Waals surface area contributed by atoms with Crippen LogP contribution in [-0.4, -0.2) is 36.4 Å². The number of hydrogen-bond acceptors (Lipinski definition) is 3. The summed E-state index contributed by atoms with van der Waals surface area (Å²) in [4.78, 5) is 12.7. The summed E-state index contributed by atoms with van der Waals surface area (Å²) in [5.41, 5.74) is 3.70. The van der Waals surface area contributed by atoms with Crippen molar-refractivity contribution in [3.05, 3.63) is 59.7 Å². The number of hydrogen-bond donors (Lipinski definition) is 2. The molecule has 0 aromatic heterocycles. The molecule has 23 heavy (non-hydrogen) atoms. The van der Waals surface area contributed by atoms with Crippen LogP contribution in [0.3, 0.4) is 0 Å². The molecule has 0 bridgehead atoms. The van der Waals surface area contributed by atoms with Crippen LogP contribution in [0.15, 0.2) is 48.5 Å². The zero-order valence-electron chi connectivity index (χ0n) is 13.2. The molecule has 1 amide bonds. The highest BCUT2D eigenvalue weighted by Gasteiger charge is 2.26. The van der Waals surface area contributed by atoms with E-state index >= 15 is 0 Å². The second-order valence-electron chi connectivity index (χ2n) is 5.87. The molecule has 0 saturated carbocycles. The minimum Gasteiger partial charge on any atom is -0.389 e. The Hall–Kier alpha value is -2.17. The first-order valence-corrected chi connectivity index (χ1v) is 7.88. The number of carbonyl (C=O) groups is 1. The average Bonchev–Trinajstić information content (AvgIpc) is 2.57. The summed E-state index contributed by atoms with van der Waals surface area (Å²) < 4.78 is 5.21. The van der Waals surface area contributed by atoms with Gasteiger partial charge in [0.2, 0.25) is 0 Å². The minimum atomic E-state index is -0.654. The van der Waals surface area contributed by atoms with Gasteiger partial charge in [0.05, 0.1) is 18.8 Å². The summed E-state index contributed by atoms with van der Waals surface area (Å²) >= 11 is 0. The number of amides is 1. The average molecular weight is 311 g/mol. The Labute approximate surface area is 136 Å². The van der Waals surface area contributed by atoms with E-state index in [0.29, 0.717) is 18.6 Å². The van der Waals surface area contributed by atoms with E-state index in [1.54, 1.807) is 0 Å². The number of aliphatic hydroxyl groups excluding tert-OH is 1. The third-order valence-corrected chi connectivity index (χ3v) is 4.25. The van der Waals surface area contributed by atoms with Gasteiger partial charge in [-0.25, -0.2) is 0 Å². The molecule has 0 unspecified atom stereocenters. The predicted molar refractivity (Wildman–Crippen MR) is 89.3 cm³/mol. The number of nitrogens with one attached hydrogen (secondary N) is 1. The molecule has 4 heteroatoms. The Kier molecular flexibility index (Phi) is 4.74. The van der Waals surface area contributed by atoms with Gasteiger partial charge in [-0.1, -0.05) is 42.5 Å². The molecule has 1 fully saturated rings. The summed E-state index contributed by atoms with van der Waals surface area (Å²) in [6, 6.07) is 15.3. The predicted octanol–water partition coefficient (Wildman–Crippen LogP) is 2.54. The number of aryl methyl sites for hydroxylation is 1. The van der Waals surface area contributed by atoms with Gasteiger partial charge in [0.1, 0.15) is 0 Å². The van der Waals surface area contributed by atoms with Gasteiger partial charge in [-0.2, -0.15) is 0 Å². The van der Waals surface area contributed by atoms with Crippen molar-refractivity contribution < 1.29 is 14.6 Å². The standard InChI is InChI=1S/C19H21NO3/c1-13-6-2-3-7-14(13)15-8-4-5-9-16(15)19(22)20-17-10-11-23-12-18(17)21/h2-9,17-18,21H,10-12H2,1H3,(H,20,22)/t17-,18-/m1/s1. The third kappa shape index (κ3) is 3.44. The van der Waals surface area contributed by atoms with Crippen LogP contribution >= 0.6 is 0 Å². The van der Waals surface area contributed by atoms with Crippen molar-refractivity contribution in [1.82, 2.24) is 5.32 Å². The largest absolute Gasteiger partial charge is 0.389 e. The normalized spacial score (nSPS) is 21.0. The van der Waals surface area contributed by atoms with Crippen molar-refractivity contribution in [3.63, 3.8) is 0 Å². The van der Waals surface area contributed by atoms with Crippen LogP contribution in [0, 0.1) is 6.92 Å². The van der Waals surface area contributed by atoms with E-state index < -0.39 is 6.10 Å². The van der Waals surface area contributed by atoms with Crippen molar-refractivity contribution >= 4 is 5.91 Å². The van der Waals surface area contributed by atoms with Gasteiger partial charge < -0.3 is 15.2 Å². The molecule has 3 rings (SSSR count). The Morgan fingerprint density at radius 3 is 2.57 bits per heavy atom. The smallest absolute Gasteiger partial charge is 0.252 e. The van der Waals surface area contributed by atoms with E-state index in [-0.39, 0.29) is 18.6 Å². The zero-order chi connectivity index (χ0) is 16.2. The lowest BCUT2D eigenvalue weighted by atomic mass is 9.95.